The molecule has 1 unspecified atom stereocenters. The average molecular weight is 461 g/mol. The summed E-state index contributed by atoms with van der Waals surface area (Å²) in [6, 6.07) is 7.85. The molecule has 0 amide bonds. The third-order valence-electron chi connectivity index (χ3n) is 2.99. The van der Waals surface area contributed by atoms with Crippen LogP contribution in [-0.2, 0) is 20.5 Å². The molecule has 170 valence electrons. The molecule has 30 heavy (non-hydrogen) atoms. The molecule has 0 saturated heterocycles. The van der Waals surface area contributed by atoms with Gasteiger partial charge in [-0.25, -0.2) is 5.09 Å². The van der Waals surface area contributed by atoms with Crippen molar-refractivity contribution >= 4 is 26.8 Å². The maximum atomic E-state index is 10.4. The zero-order valence-electron chi connectivity index (χ0n) is 18.3. The topological polar surface area (TPSA) is 99.9 Å². The summed E-state index contributed by atoms with van der Waals surface area (Å²) >= 11 is 1.16. The Bertz CT molecular complexity index is 606. The van der Waals surface area contributed by atoms with E-state index in [1.165, 1.54) is 11.6 Å². The Kier molecular flexibility index (Phi) is 22.0. The van der Waals surface area contributed by atoms with E-state index < -0.39 is 8.53 Å². The molecule has 1 rings (SSSR count). The number of carbonyl (C=O) groups excluding carboxylic acids is 1. The van der Waals surface area contributed by atoms with Crippen molar-refractivity contribution in [2.24, 2.45) is 0 Å². The number of allylic oxidation sites excluding steroid dienone is 1. The molecular weight excluding hydrogens is 427 g/mol. The van der Waals surface area contributed by atoms with Gasteiger partial charge < -0.3 is 13.8 Å². The number of nitrogens with one attached hydrogen (secondary N) is 1. The van der Waals surface area contributed by atoms with E-state index in [0.717, 1.165) is 28.8 Å². The highest BCUT2D eigenvalue weighted by molar-refractivity contribution is 8.02. The van der Waals surface area contributed by atoms with Crippen LogP contribution >= 0.6 is 20.3 Å². The van der Waals surface area contributed by atoms with Gasteiger partial charge in [0.05, 0.1) is 6.61 Å². The fraction of sp³-hybridized carbons (Fsp3) is 0.450. The largest absolute Gasteiger partial charge is 0.464 e. The first kappa shape index (κ1) is 30.3. The molecule has 0 aliphatic carbocycles. The molecule has 0 fully saturated rings. The van der Waals surface area contributed by atoms with Crippen molar-refractivity contribution in [1.29, 1.82) is 0 Å². The highest BCUT2D eigenvalue weighted by Crippen LogP contribution is 2.36. The molecular formula is C20H33N2O6PS. The highest BCUT2D eigenvalue weighted by Gasteiger charge is 2.12. The van der Waals surface area contributed by atoms with E-state index in [-0.39, 0.29) is 17.4 Å². The van der Waals surface area contributed by atoms with E-state index >= 15 is 0 Å². The van der Waals surface area contributed by atoms with Crippen molar-refractivity contribution in [2.45, 2.75) is 34.1 Å². The molecule has 8 nitrogen and oxygen atoms in total. The molecule has 1 aromatic carbocycles. The maximum absolute atomic E-state index is 10.4. The summed E-state index contributed by atoms with van der Waals surface area (Å²) in [5.41, 5.74) is 1.24. The average Bonchev–Trinajstić information content (AvgIpc) is 2.78. The van der Waals surface area contributed by atoms with Crippen molar-refractivity contribution in [3.8, 4) is 5.75 Å². The number of nitrogens with zero attached hydrogens (tertiary/aromatic N) is 1. The maximum Gasteiger partial charge on any atom is 0.318 e. The Morgan fingerprint density at radius 3 is 2.37 bits per heavy atom. The number of hydrogen-bond acceptors (Lipinski definition) is 8. The van der Waals surface area contributed by atoms with Crippen molar-refractivity contribution in [3.63, 3.8) is 0 Å². The minimum absolute atomic E-state index is 0.167. The minimum Gasteiger partial charge on any atom is -0.464 e. The lowest BCUT2D eigenvalue weighted by Gasteiger charge is -2.17. The lowest BCUT2D eigenvalue weighted by molar-refractivity contribution is -0.456. The van der Waals surface area contributed by atoms with Crippen LogP contribution in [-0.4, -0.2) is 37.5 Å². The molecule has 0 aliphatic heterocycles. The summed E-state index contributed by atoms with van der Waals surface area (Å²) < 4.78 is 15.6. The van der Waals surface area contributed by atoms with Crippen molar-refractivity contribution in [3.05, 3.63) is 63.6 Å². The van der Waals surface area contributed by atoms with Crippen LogP contribution in [0.2, 0.25) is 0 Å². The van der Waals surface area contributed by atoms with E-state index in [1.54, 1.807) is 7.05 Å². The first-order valence-electron chi connectivity index (χ1n) is 9.43. The van der Waals surface area contributed by atoms with Gasteiger partial charge in [0.1, 0.15) is 12.4 Å². The summed E-state index contributed by atoms with van der Waals surface area (Å²) in [5, 5.41) is 13.4. The Balaban J connectivity index is 0. The zero-order valence-corrected chi connectivity index (χ0v) is 20.0. The van der Waals surface area contributed by atoms with Gasteiger partial charge in [0, 0.05) is 9.83 Å². The van der Waals surface area contributed by atoms with Crippen molar-refractivity contribution in [1.82, 2.24) is 5.09 Å². The first-order chi connectivity index (χ1) is 14.5. The first-order valence-corrected chi connectivity index (χ1v) is 11.6. The summed E-state index contributed by atoms with van der Waals surface area (Å²) in [6.07, 6.45) is 4.30. The number of nitro groups is 1. The van der Waals surface area contributed by atoms with E-state index in [0.29, 0.717) is 13.1 Å². The molecule has 0 radical (unpaired) electrons. The Morgan fingerprint density at radius 2 is 1.97 bits per heavy atom. The number of carbonyl (C=O) groups is 1. The second-order valence-electron chi connectivity index (χ2n) is 4.92. The summed E-state index contributed by atoms with van der Waals surface area (Å²) in [4.78, 5) is 20.1. The quantitative estimate of drug-likeness (QED) is 0.0801. The van der Waals surface area contributed by atoms with Gasteiger partial charge >= 0.3 is 8.53 Å². The van der Waals surface area contributed by atoms with Gasteiger partial charge in [-0.1, -0.05) is 63.4 Å². The van der Waals surface area contributed by atoms with Crippen LogP contribution in [0.25, 0.3) is 0 Å². The van der Waals surface area contributed by atoms with Gasteiger partial charge in [0.15, 0.2) is 0 Å². The van der Waals surface area contributed by atoms with Gasteiger partial charge in [0.25, 0.3) is 12.3 Å². The fourth-order valence-corrected chi connectivity index (χ4v) is 3.10. The molecule has 0 bridgehead atoms. The van der Waals surface area contributed by atoms with Crippen LogP contribution in [0, 0.1) is 10.1 Å². The van der Waals surface area contributed by atoms with E-state index in [1.807, 2.05) is 51.1 Å². The van der Waals surface area contributed by atoms with Crippen LogP contribution < -0.4 is 9.61 Å². The molecule has 0 spiro atoms. The van der Waals surface area contributed by atoms with Gasteiger partial charge in [-0.2, -0.15) is 0 Å². The van der Waals surface area contributed by atoms with Crippen molar-refractivity contribution < 1.29 is 23.5 Å². The van der Waals surface area contributed by atoms with E-state index in [4.69, 9.17) is 9.05 Å². The van der Waals surface area contributed by atoms with Crippen LogP contribution in [0.3, 0.4) is 0 Å². The number of thioether (sulfide) groups is 1. The molecule has 0 saturated carbocycles. The molecule has 0 aliphatic rings. The van der Waals surface area contributed by atoms with Crippen molar-refractivity contribution in [2.75, 3.05) is 26.1 Å². The second-order valence-corrected chi connectivity index (χ2v) is 7.40. The zero-order chi connectivity index (χ0) is 23.2. The monoisotopic (exact) mass is 460 g/mol. The molecule has 0 aromatic heterocycles. The lowest BCUT2D eigenvalue weighted by atomic mass is 10.2. The Morgan fingerprint density at radius 1 is 1.33 bits per heavy atom. The Hall–Kier alpha value is -1.93. The number of ether oxygens (including phenoxy) is 1. The molecule has 0 heterocycles. The molecule has 1 aromatic rings. The normalized spacial score (nSPS) is 11.0. The number of benzene rings is 1. The van der Waals surface area contributed by atoms with E-state index in [9.17, 15) is 14.9 Å². The molecule has 10 heteroatoms. The van der Waals surface area contributed by atoms with Gasteiger partial charge in [-0.05, 0) is 38.1 Å². The third kappa shape index (κ3) is 17.0. The number of aryl methyl sites for hydroxylation is 1. The standard InChI is InChI=1S/C14H21N2O4PS.C4H6O2.C2H6/c1-4-12-6-8-13(9-7-12)20-21(15-3)19-10-14(5-2)22-11-16(17)18;1-2-3-6-4-5;1-2/h5-9,15H,4,10-11H2,1-3H3;2,4H,1,3H2;1-2H3/b14-5-;;. The highest BCUT2D eigenvalue weighted by atomic mass is 32.2. The molecule has 1 atom stereocenters. The predicted octanol–water partition coefficient (Wildman–Crippen LogP) is 5.33. The van der Waals surface area contributed by atoms with Gasteiger partial charge in [-0.3, -0.25) is 14.9 Å². The fourth-order valence-electron chi connectivity index (χ4n) is 1.59. The van der Waals surface area contributed by atoms with Gasteiger partial charge in [0.2, 0.25) is 0 Å². The van der Waals surface area contributed by atoms with Crippen LogP contribution in [0.4, 0.5) is 0 Å². The van der Waals surface area contributed by atoms with Crippen LogP contribution in [0.15, 0.2) is 47.9 Å². The predicted molar refractivity (Wildman–Crippen MR) is 125 cm³/mol. The van der Waals surface area contributed by atoms with Crippen LogP contribution in [0.1, 0.15) is 33.3 Å². The number of rotatable bonds is 13. The smallest absolute Gasteiger partial charge is 0.318 e. The van der Waals surface area contributed by atoms with E-state index in [2.05, 4.69) is 23.3 Å². The van der Waals surface area contributed by atoms with Crippen LogP contribution in [0.5, 0.6) is 5.75 Å². The summed E-state index contributed by atoms with van der Waals surface area (Å²) in [7, 11) is 0.469. The summed E-state index contributed by atoms with van der Waals surface area (Å²) in [5.74, 6) is 0.567. The number of hydrogen-bond donors (Lipinski definition) is 1. The lowest BCUT2D eigenvalue weighted by Crippen LogP contribution is -2.08. The SMILES string of the molecule is C/C=C(/COP(NC)Oc1ccc(CC)cc1)SC[N+](=O)[O-].C=CCOC=O.CC. The molecule has 1 N–H and O–H groups in total. The second kappa shape index (κ2) is 21.8. The summed E-state index contributed by atoms with van der Waals surface area (Å²) in [6.45, 7) is 12.2. The third-order valence-corrected chi connectivity index (χ3v) is 5.16. The van der Waals surface area contributed by atoms with Gasteiger partial charge in [-0.15, -0.1) is 0 Å². The minimum atomic E-state index is -1.29. The Labute approximate surface area is 185 Å².